The lowest BCUT2D eigenvalue weighted by molar-refractivity contribution is -0.131. The first-order chi connectivity index (χ1) is 42.7. The van der Waals surface area contributed by atoms with E-state index in [2.05, 4.69) is 83.6 Å². The molecule has 0 saturated carbocycles. The standard InChI is InChI=1S/C70H90N8O11/c1-13-51(52-24-28-57(29-25-52)77-33-31-75(9)32-34-77)38-47(5)44-71-60-43-64(62(87-12)42-59(60)50(8)80)89-37-19-36-88-63-39-48(6)58(41-61(63)86-11)70(85)78-45-54(40-56(78)14-2)53-22-26-55(27-23-53)73-68(83)49(7)72-69(84)67(46(3)4)74-65(81)20-16-15-17-30-76(10)66(82)21-18-35-79/h13-14,18,21-29,35,39,41-47,49,56,67H,2,15-17,19-20,30-34,36-38,40H2,1,3-12H3,(H,72,84)(H,73,83)(H,74,81)/b21-18-,51-13+,71-44?. The molecule has 6 rings (SSSR count). The number of hydrogen-bond acceptors (Lipinski definition) is 14. The van der Waals surface area contributed by atoms with Gasteiger partial charge in [0.2, 0.25) is 23.6 Å². The summed E-state index contributed by atoms with van der Waals surface area (Å²) < 4.78 is 23.9. The number of aldehydes is 1. The number of aryl methyl sites for hydroxylation is 1. The van der Waals surface area contributed by atoms with Crippen molar-refractivity contribution in [1.82, 2.24) is 25.3 Å². The number of Topliss-reactive ketones (excluding diaryl/α,β-unsaturated/α-hetero) is 1. The summed E-state index contributed by atoms with van der Waals surface area (Å²) in [5, 5.41) is 8.39. The zero-order valence-electron chi connectivity index (χ0n) is 53.7. The van der Waals surface area contributed by atoms with Gasteiger partial charge in [-0.25, -0.2) is 0 Å². The van der Waals surface area contributed by atoms with Crippen LogP contribution in [0.1, 0.15) is 124 Å². The van der Waals surface area contributed by atoms with Crippen molar-refractivity contribution in [3.63, 3.8) is 0 Å². The van der Waals surface area contributed by atoms with E-state index in [1.165, 1.54) is 48.9 Å². The summed E-state index contributed by atoms with van der Waals surface area (Å²) in [6, 6.07) is 20.8. The summed E-state index contributed by atoms with van der Waals surface area (Å²) in [7, 11) is 6.86. The number of allylic oxidation sites excluding steroid dienone is 3. The second-order valence-electron chi connectivity index (χ2n) is 23.1. The number of piperazine rings is 1. The van der Waals surface area contributed by atoms with Crippen molar-refractivity contribution >= 4 is 76.0 Å². The van der Waals surface area contributed by atoms with Crippen LogP contribution in [0.2, 0.25) is 0 Å². The zero-order chi connectivity index (χ0) is 64.7. The quantitative estimate of drug-likeness (QED) is 0.0104. The van der Waals surface area contributed by atoms with Crippen molar-refractivity contribution in [3.05, 3.63) is 138 Å². The van der Waals surface area contributed by atoms with Crippen LogP contribution in [0.25, 0.3) is 11.1 Å². The molecule has 0 aromatic heterocycles. The number of rotatable bonds is 32. The maximum absolute atomic E-state index is 14.3. The molecule has 5 amide bonds. The lowest BCUT2D eigenvalue weighted by Gasteiger charge is -2.34. The van der Waals surface area contributed by atoms with Gasteiger partial charge in [-0.2, -0.15) is 0 Å². The Kier molecular flexibility index (Phi) is 26.5. The van der Waals surface area contributed by atoms with Gasteiger partial charge < -0.3 is 54.5 Å². The molecule has 1 saturated heterocycles. The second kappa shape index (κ2) is 34.1. The van der Waals surface area contributed by atoms with Gasteiger partial charge in [0.05, 0.1) is 39.2 Å². The molecular formula is C70H90N8O11. The summed E-state index contributed by atoms with van der Waals surface area (Å²) >= 11 is 0. The minimum absolute atomic E-state index is 0.0663. The number of ketones is 1. The number of unbranched alkanes of at least 4 members (excludes halogenated alkanes) is 2. The highest BCUT2D eigenvalue weighted by Crippen LogP contribution is 2.38. The van der Waals surface area contributed by atoms with Crippen molar-refractivity contribution in [2.24, 2.45) is 16.8 Å². The van der Waals surface area contributed by atoms with E-state index in [0.29, 0.717) is 96.0 Å². The lowest BCUT2D eigenvalue weighted by Crippen LogP contribution is -2.53. The fourth-order valence-corrected chi connectivity index (χ4v) is 10.5. The molecule has 2 aliphatic rings. The zero-order valence-corrected chi connectivity index (χ0v) is 53.7. The molecular weight excluding hydrogens is 1130 g/mol. The van der Waals surface area contributed by atoms with Gasteiger partial charge in [0.1, 0.15) is 18.4 Å². The van der Waals surface area contributed by atoms with Crippen LogP contribution < -0.4 is 39.8 Å². The number of aliphatic imine (C=N–C) groups is 1. The molecule has 19 nitrogen and oxygen atoms in total. The van der Waals surface area contributed by atoms with Gasteiger partial charge in [-0.05, 0) is 149 Å². The predicted octanol–water partition coefficient (Wildman–Crippen LogP) is 10.4. The molecule has 3 N–H and O–H groups in total. The first-order valence-corrected chi connectivity index (χ1v) is 30.6. The molecule has 4 aromatic rings. The second-order valence-corrected chi connectivity index (χ2v) is 23.1. The van der Waals surface area contributed by atoms with E-state index in [1.54, 1.807) is 61.3 Å². The summed E-state index contributed by atoms with van der Waals surface area (Å²) in [4.78, 5) is 102. The number of benzene rings is 4. The van der Waals surface area contributed by atoms with Gasteiger partial charge in [-0.15, -0.1) is 6.58 Å². The topological polar surface area (TPSA) is 218 Å². The first kappa shape index (κ1) is 69.3. The Balaban J connectivity index is 0.991. The van der Waals surface area contributed by atoms with Crippen LogP contribution in [-0.4, -0.2) is 155 Å². The lowest BCUT2D eigenvalue weighted by atomic mass is 9.95. The number of nitrogens with zero attached hydrogens (tertiary/aromatic N) is 5. The normalized spacial score (nSPS) is 15.5. The third kappa shape index (κ3) is 19.8. The Bertz CT molecular complexity index is 3250. The molecule has 476 valence electrons. The molecule has 1 fully saturated rings. The Morgan fingerprint density at radius 2 is 1.45 bits per heavy atom. The summed E-state index contributed by atoms with van der Waals surface area (Å²) in [5.41, 5.74) is 7.89. The highest BCUT2D eigenvalue weighted by atomic mass is 16.5. The van der Waals surface area contributed by atoms with Gasteiger partial charge in [0.25, 0.3) is 5.91 Å². The third-order valence-corrected chi connectivity index (χ3v) is 15.9. The fourth-order valence-electron chi connectivity index (χ4n) is 10.5. The highest BCUT2D eigenvalue weighted by Gasteiger charge is 2.31. The number of anilines is 2. The molecule has 2 heterocycles. The van der Waals surface area contributed by atoms with Crippen LogP contribution in [0.4, 0.5) is 17.1 Å². The van der Waals surface area contributed by atoms with Crippen LogP contribution in [0, 0.1) is 18.8 Å². The number of hydrogen-bond donors (Lipinski definition) is 3. The SMILES string of the molecule is C=CC1CC(c2ccc(NC(=O)C(C)NC(=O)C(NC(=O)CCCCCN(C)C(=O)/C=C\C=O)C(C)C)cc2)=CN1C(=O)c1cc(OC)c(OCCCOc2cc(N=CC(C)C/C(=C\C)c3ccc(N4CCN(C)CC4)cc3)c(C(C)=O)cc2OC)cc1C. The molecule has 4 unspecified atom stereocenters. The maximum Gasteiger partial charge on any atom is 0.258 e. The maximum atomic E-state index is 14.3. The van der Waals surface area contributed by atoms with Crippen molar-refractivity contribution in [2.45, 2.75) is 112 Å². The van der Waals surface area contributed by atoms with Crippen molar-refractivity contribution in [1.29, 1.82) is 0 Å². The number of likely N-dealkylation sites (N-methyl/N-ethyl adjacent to an activating group) is 2. The smallest absolute Gasteiger partial charge is 0.258 e. The Morgan fingerprint density at radius 1 is 0.798 bits per heavy atom. The predicted molar refractivity (Wildman–Crippen MR) is 352 cm³/mol. The average molecular weight is 1220 g/mol. The number of amides is 5. The Morgan fingerprint density at radius 3 is 2.06 bits per heavy atom. The van der Waals surface area contributed by atoms with Gasteiger partial charge in [-0.3, -0.25) is 38.6 Å². The molecule has 4 atom stereocenters. The van der Waals surface area contributed by atoms with E-state index in [0.717, 1.165) is 49.8 Å². The van der Waals surface area contributed by atoms with E-state index >= 15 is 0 Å². The van der Waals surface area contributed by atoms with Gasteiger partial charge in [0.15, 0.2) is 28.8 Å². The third-order valence-electron chi connectivity index (χ3n) is 15.9. The van der Waals surface area contributed by atoms with E-state index in [9.17, 15) is 33.6 Å². The first-order valence-electron chi connectivity index (χ1n) is 30.6. The fraction of sp³-hybridized carbons (Fsp3) is 0.429. The Hall–Kier alpha value is -8.84. The van der Waals surface area contributed by atoms with Gasteiger partial charge >= 0.3 is 0 Å². The van der Waals surface area contributed by atoms with Crippen LogP contribution in [0.5, 0.6) is 23.0 Å². The summed E-state index contributed by atoms with van der Waals surface area (Å²) in [6.45, 7) is 21.9. The molecule has 2 aliphatic heterocycles. The van der Waals surface area contributed by atoms with E-state index in [4.69, 9.17) is 23.9 Å². The highest BCUT2D eigenvalue weighted by molar-refractivity contribution is 6.01. The number of carbonyl (C=O) groups excluding carboxylic acids is 7. The van der Waals surface area contributed by atoms with Gasteiger partial charge in [-0.1, -0.05) is 63.6 Å². The van der Waals surface area contributed by atoms with Crippen molar-refractivity contribution < 1.29 is 52.5 Å². The molecule has 4 aromatic carbocycles. The number of methoxy groups -OCH3 is 2. The molecule has 0 spiro atoms. The summed E-state index contributed by atoms with van der Waals surface area (Å²) in [5.74, 6) is -0.365. The van der Waals surface area contributed by atoms with Crippen LogP contribution in [0.15, 0.2) is 115 Å². The summed E-state index contributed by atoms with van der Waals surface area (Å²) in [6.07, 6.45) is 14.3. The Labute approximate surface area is 525 Å². The largest absolute Gasteiger partial charge is 0.493 e. The number of carbonyl (C=O) groups is 7. The van der Waals surface area contributed by atoms with E-state index < -0.39 is 23.9 Å². The number of nitrogens with one attached hydrogen (secondary N) is 3. The monoisotopic (exact) mass is 1220 g/mol. The minimum Gasteiger partial charge on any atom is -0.493 e. The van der Waals surface area contributed by atoms with E-state index in [-0.39, 0.29) is 61.0 Å². The average Bonchev–Trinajstić information content (AvgIpc) is 1.99. The molecule has 0 aliphatic carbocycles. The van der Waals surface area contributed by atoms with Crippen LogP contribution in [-0.2, 0) is 24.0 Å². The number of ether oxygens (including phenoxy) is 4. The van der Waals surface area contributed by atoms with E-state index in [1.807, 2.05) is 45.3 Å². The van der Waals surface area contributed by atoms with Gasteiger partial charge in [0, 0.05) is 99.7 Å². The molecule has 0 bridgehead atoms. The molecule has 19 heteroatoms. The molecule has 0 radical (unpaired) electrons. The van der Waals surface area contributed by atoms with Crippen molar-refractivity contribution in [2.75, 3.05) is 84.5 Å². The van der Waals surface area contributed by atoms with Crippen molar-refractivity contribution in [3.8, 4) is 23.0 Å². The van der Waals surface area contributed by atoms with Crippen LogP contribution >= 0.6 is 0 Å². The molecule has 89 heavy (non-hydrogen) atoms. The minimum atomic E-state index is -0.925. The van der Waals surface area contributed by atoms with Crippen LogP contribution in [0.3, 0.4) is 0 Å².